The maximum Gasteiger partial charge on any atom is 0.260 e. The topological polar surface area (TPSA) is 80.8 Å². The summed E-state index contributed by atoms with van der Waals surface area (Å²) in [5, 5.41) is 1.53. The van der Waals surface area contributed by atoms with Crippen molar-refractivity contribution < 1.29 is 28.6 Å². The van der Waals surface area contributed by atoms with Crippen LogP contribution < -0.4 is 14.2 Å². The van der Waals surface area contributed by atoms with Gasteiger partial charge in [0, 0.05) is 38.6 Å². The summed E-state index contributed by atoms with van der Waals surface area (Å²) >= 11 is 0. The van der Waals surface area contributed by atoms with Crippen LogP contribution in [0.15, 0.2) is 12.1 Å². The quantitative estimate of drug-likeness (QED) is 0.417. The number of hydrogen-bond donors (Lipinski definition) is 0. The van der Waals surface area contributed by atoms with Gasteiger partial charge in [-0.2, -0.15) is 0 Å². The number of nitrogens with zero attached hydrogens (tertiary/aromatic N) is 3. The largest absolute Gasteiger partial charge is 0.493 e. The lowest BCUT2D eigenvalue weighted by atomic mass is 9.94. The van der Waals surface area contributed by atoms with E-state index in [0.717, 1.165) is 57.3 Å². The van der Waals surface area contributed by atoms with Gasteiger partial charge < -0.3 is 19.1 Å². The Kier molecular flexibility index (Phi) is 8.73. The third-order valence-corrected chi connectivity index (χ3v) is 7.08. The Labute approximate surface area is 208 Å². The third kappa shape index (κ3) is 6.01. The molecule has 0 bridgehead atoms. The van der Waals surface area contributed by atoms with Crippen LogP contribution in [0, 0.1) is 0 Å². The maximum absolute atomic E-state index is 13.2. The van der Waals surface area contributed by atoms with E-state index in [4.69, 9.17) is 19.0 Å². The second-order valence-corrected chi connectivity index (χ2v) is 9.57. The van der Waals surface area contributed by atoms with Gasteiger partial charge in [0.25, 0.3) is 5.91 Å². The molecule has 3 aliphatic rings. The van der Waals surface area contributed by atoms with Crippen molar-refractivity contribution in [1.82, 2.24) is 14.9 Å². The fourth-order valence-electron chi connectivity index (χ4n) is 5.27. The van der Waals surface area contributed by atoms with Crippen molar-refractivity contribution in [2.45, 2.75) is 64.3 Å². The van der Waals surface area contributed by atoms with Crippen LogP contribution in [-0.4, -0.2) is 86.0 Å². The smallest absolute Gasteiger partial charge is 0.260 e. The minimum Gasteiger partial charge on any atom is -0.493 e. The molecule has 1 aromatic rings. The number of carbonyl (C=O) groups is 2. The third-order valence-electron chi connectivity index (χ3n) is 7.08. The highest BCUT2D eigenvalue weighted by Gasteiger charge is 2.36. The van der Waals surface area contributed by atoms with Gasteiger partial charge in [-0.15, -0.1) is 0 Å². The first-order valence-corrected chi connectivity index (χ1v) is 13.0. The van der Waals surface area contributed by atoms with Crippen molar-refractivity contribution in [3.8, 4) is 17.2 Å². The number of likely N-dealkylation sites (tertiary alicyclic amines) is 2. The minimum absolute atomic E-state index is 0.00790. The number of ether oxygens (including phenoxy) is 3. The van der Waals surface area contributed by atoms with Crippen LogP contribution in [0.2, 0.25) is 0 Å². The van der Waals surface area contributed by atoms with E-state index in [1.54, 1.807) is 7.11 Å². The molecule has 0 unspecified atom stereocenters. The van der Waals surface area contributed by atoms with Crippen LogP contribution in [0.4, 0.5) is 0 Å². The van der Waals surface area contributed by atoms with Crippen molar-refractivity contribution in [1.29, 1.82) is 0 Å². The lowest BCUT2D eigenvalue weighted by Crippen LogP contribution is -2.43. The van der Waals surface area contributed by atoms with E-state index >= 15 is 0 Å². The Balaban J connectivity index is 1.49. The highest BCUT2D eigenvalue weighted by molar-refractivity contribution is 5.78. The molecular formula is C26H39N3O6. The van der Waals surface area contributed by atoms with Crippen molar-refractivity contribution >= 4 is 11.8 Å². The average molecular weight is 490 g/mol. The number of carbonyl (C=O) groups excluding carboxylic acids is 2. The Morgan fingerprint density at radius 2 is 2.09 bits per heavy atom. The number of fused-ring (bicyclic) bond motifs is 1. The first-order chi connectivity index (χ1) is 17.0. The van der Waals surface area contributed by atoms with Crippen molar-refractivity contribution in [2.75, 3.05) is 53.2 Å². The molecule has 9 heteroatoms. The number of amides is 2. The van der Waals surface area contributed by atoms with Gasteiger partial charge in [0.05, 0.1) is 20.3 Å². The van der Waals surface area contributed by atoms with Crippen LogP contribution in [0.3, 0.4) is 0 Å². The van der Waals surface area contributed by atoms with Gasteiger partial charge in [-0.25, -0.2) is 5.06 Å². The van der Waals surface area contributed by atoms with Crippen molar-refractivity contribution in [2.24, 2.45) is 0 Å². The fourth-order valence-corrected chi connectivity index (χ4v) is 5.27. The summed E-state index contributed by atoms with van der Waals surface area (Å²) < 4.78 is 16.8. The summed E-state index contributed by atoms with van der Waals surface area (Å²) in [7, 11) is 1.63. The van der Waals surface area contributed by atoms with E-state index < -0.39 is 0 Å². The molecular weight excluding hydrogens is 450 g/mol. The summed E-state index contributed by atoms with van der Waals surface area (Å²) in [6.07, 6.45) is 5.04. The van der Waals surface area contributed by atoms with E-state index in [0.29, 0.717) is 43.4 Å². The van der Waals surface area contributed by atoms with Crippen LogP contribution in [0.1, 0.15) is 63.9 Å². The molecule has 4 rings (SSSR count). The highest BCUT2D eigenvalue weighted by Crippen LogP contribution is 2.45. The van der Waals surface area contributed by atoms with E-state index in [1.165, 1.54) is 5.06 Å². The Bertz CT molecular complexity index is 894. The Morgan fingerprint density at radius 3 is 2.80 bits per heavy atom. The predicted molar refractivity (Wildman–Crippen MR) is 131 cm³/mol. The van der Waals surface area contributed by atoms with E-state index in [1.807, 2.05) is 30.9 Å². The standard InChI is InChI=1S/C26H39N3O6/c1-4-9-29(35-12-5-2)25(31)17-28-16-20(13-21(28)8-11-27-10-6-7-24(27)30)19-14-22(32-3)26-23(15-19)33-18-34-26/h14-15,20-21H,4-13,16-18H2,1-3H3/t20-,21+/m1/s1. The first kappa shape index (κ1) is 25.6. The molecule has 2 atom stereocenters. The van der Waals surface area contributed by atoms with E-state index in [9.17, 15) is 9.59 Å². The Morgan fingerprint density at radius 1 is 1.23 bits per heavy atom. The molecule has 3 heterocycles. The van der Waals surface area contributed by atoms with Crippen LogP contribution in [0.5, 0.6) is 17.2 Å². The summed E-state index contributed by atoms with van der Waals surface area (Å²) in [5.41, 5.74) is 1.12. The Hall–Kier alpha value is -2.52. The molecule has 2 saturated heterocycles. The second kappa shape index (κ2) is 11.9. The fraction of sp³-hybridized carbons (Fsp3) is 0.692. The van der Waals surface area contributed by atoms with Gasteiger partial charge in [-0.1, -0.05) is 13.8 Å². The van der Waals surface area contributed by atoms with Crippen LogP contribution in [0.25, 0.3) is 0 Å². The number of hydrogen-bond acceptors (Lipinski definition) is 7. The molecule has 9 nitrogen and oxygen atoms in total. The van der Waals surface area contributed by atoms with Crippen LogP contribution in [-0.2, 0) is 14.4 Å². The molecule has 0 aliphatic carbocycles. The lowest BCUT2D eigenvalue weighted by Gasteiger charge is -2.28. The normalized spacial score (nSPS) is 21.7. The van der Waals surface area contributed by atoms with Gasteiger partial charge >= 0.3 is 0 Å². The number of benzene rings is 1. The number of rotatable bonds is 12. The molecule has 0 radical (unpaired) electrons. The van der Waals surface area contributed by atoms with E-state index in [2.05, 4.69) is 4.90 Å². The zero-order chi connectivity index (χ0) is 24.8. The van der Waals surface area contributed by atoms with Gasteiger partial charge in [0.2, 0.25) is 18.4 Å². The molecule has 0 saturated carbocycles. The van der Waals surface area contributed by atoms with Gasteiger partial charge in [-0.3, -0.25) is 19.3 Å². The zero-order valence-electron chi connectivity index (χ0n) is 21.3. The van der Waals surface area contributed by atoms with Gasteiger partial charge in [0.1, 0.15) is 0 Å². The van der Waals surface area contributed by atoms with Crippen molar-refractivity contribution in [3.05, 3.63) is 17.7 Å². The molecule has 2 amide bonds. The molecule has 2 fully saturated rings. The molecule has 194 valence electrons. The second-order valence-electron chi connectivity index (χ2n) is 9.57. The molecule has 0 N–H and O–H groups in total. The average Bonchev–Trinajstić information content (AvgIpc) is 3.59. The first-order valence-electron chi connectivity index (χ1n) is 13.0. The summed E-state index contributed by atoms with van der Waals surface area (Å²) in [6, 6.07) is 4.26. The van der Waals surface area contributed by atoms with E-state index in [-0.39, 0.29) is 30.6 Å². The van der Waals surface area contributed by atoms with Gasteiger partial charge in [0.15, 0.2) is 11.5 Å². The highest BCUT2D eigenvalue weighted by atomic mass is 16.7. The molecule has 1 aromatic carbocycles. The SMILES string of the molecule is CCCON(CCC)C(=O)CN1C[C@H](c2cc(OC)c3c(c2)OCO3)C[C@@H]1CCN1CCCC1=O. The monoisotopic (exact) mass is 489 g/mol. The molecule has 35 heavy (non-hydrogen) atoms. The molecule has 0 aromatic heterocycles. The summed E-state index contributed by atoms with van der Waals surface area (Å²) in [6.45, 7) is 8.02. The lowest BCUT2D eigenvalue weighted by molar-refractivity contribution is -0.188. The summed E-state index contributed by atoms with van der Waals surface area (Å²) in [5.74, 6) is 2.48. The van der Waals surface area contributed by atoms with Crippen LogP contribution >= 0.6 is 0 Å². The van der Waals surface area contributed by atoms with Gasteiger partial charge in [-0.05, 0) is 55.7 Å². The zero-order valence-corrected chi connectivity index (χ0v) is 21.3. The summed E-state index contributed by atoms with van der Waals surface area (Å²) in [4.78, 5) is 35.3. The minimum atomic E-state index is -0.00790. The predicted octanol–water partition coefficient (Wildman–Crippen LogP) is 3.17. The molecule has 0 spiro atoms. The number of methoxy groups -OCH3 is 1. The van der Waals surface area contributed by atoms with Crippen molar-refractivity contribution in [3.63, 3.8) is 0 Å². The molecule has 3 aliphatic heterocycles. The maximum atomic E-state index is 13.2. The number of hydroxylamine groups is 2.